The number of aromatic amines is 1. The van der Waals surface area contributed by atoms with Crippen molar-refractivity contribution in [3.63, 3.8) is 0 Å². The highest BCUT2D eigenvalue weighted by Crippen LogP contribution is 2.38. The molecule has 1 N–H and O–H groups in total. The molecule has 5 rings (SSSR count). The molecule has 3 aromatic heterocycles. The zero-order valence-electron chi connectivity index (χ0n) is 21.1. The van der Waals surface area contributed by atoms with E-state index >= 15 is 0 Å². The second-order valence-electron chi connectivity index (χ2n) is 10.3. The summed E-state index contributed by atoms with van der Waals surface area (Å²) in [5.41, 5.74) is 4.20. The minimum Gasteiger partial charge on any atom is -0.356 e. The smallest absolute Gasteiger partial charge is 0.356 e. The summed E-state index contributed by atoms with van der Waals surface area (Å²) in [4.78, 5) is 17.3. The third-order valence-corrected chi connectivity index (χ3v) is 8.35. The molecular formula is C27H29F3N6S. The molecule has 0 unspecified atom stereocenters. The highest BCUT2D eigenvalue weighted by Gasteiger charge is 2.38. The Morgan fingerprint density at radius 1 is 1.22 bits per heavy atom. The van der Waals surface area contributed by atoms with Gasteiger partial charge in [-0.3, -0.25) is 4.90 Å². The second kappa shape index (κ2) is 9.62. The topological polar surface area (TPSA) is 71.8 Å². The van der Waals surface area contributed by atoms with E-state index in [2.05, 4.69) is 50.7 Å². The number of fused-ring (bicyclic) bond motifs is 2. The first-order valence-electron chi connectivity index (χ1n) is 12.4. The lowest BCUT2D eigenvalue weighted by atomic mass is 9.78. The number of nitriles is 1. The molecule has 194 valence electrons. The van der Waals surface area contributed by atoms with Crippen LogP contribution in [0.25, 0.3) is 21.1 Å². The molecule has 10 heteroatoms. The van der Waals surface area contributed by atoms with Crippen molar-refractivity contribution >= 4 is 38.3 Å². The van der Waals surface area contributed by atoms with E-state index in [0.717, 1.165) is 61.4 Å². The summed E-state index contributed by atoms with van der Waals surface area (Å²) in [6.07, 6.45) is -2.77. The quantitative estimate of drug-likeness (QED) is 0.296. The highest BCUT2D eigenvalue weighted by molar-refractivity contribution is 7.18. The monoisotopic (exact) mass is 526 g/mol. The number of aryl methyl sites for hydroxylation is 1. The average molecular weight is 527 g/mol. The molecule has 4 heterocycles. The van der Waals surface area contributed by atoms with Gasteiger partial charge < -0.3 is 9.88 Å². The maximum absolute atomic E-state index is 12.9. The third kappa shape index (κ3) is 5.29. The fraction of sp³-hybridized carbons (Fsp3) is 0.444. The third-order valence-electron chi connectivity index (χ3n) is 7.31. The Morgan fingerprint density at radius 2 is 2.00 bits per heavy atom. The predicted molar refractivity (Wildman–Crippen MR) is 141 cm³/mol. The summed E-state index contributed by atoms with van der Waals surface area (Å²) in [5, 5.41) is 11.0. The van der Waals surface area contributed by atoms with Crippen molar-refractivity contribution in [1.82, 2.24) is 19.9 Å². The standard InChI is InChI=1S/C27H29F3N6S/c1-4-36(24-22-10-20(11-27(28,29)30)37-25(22)33-16-32-24)8-7-26(3)14-35(15-26)13-18-5-6-23-21(17(18)2)9-19(12-31)34-23/h5-6,9-10,16,34H,4,7-8,11,13-15H2,1-3H3. The zero-order valence-corrected chi connectivity index (χ0v) is 21.9. The molecule has 6 nitrogen and oxygen atoms in total. The van der Waals surface area contributed by atoms with Gasteiger partial charge in [0.05, 0.1) is 11.8 Å². The molecule has 1 fully saturated rings. The first-order valence-corrected chi connectivity index (χ1v) is 13.2. The number of rotatable bonds is 8. The minimum atomic E-state index is -4.24. The number of halogens is 3. The van der Waals surface area contributed by atoms with Crippen LogP contribution in [-0.4, -0.2) is 52.2 Å². The lowest BCUT2D eigenvalue weighted by molar-refractivity contribution is -0.126. The van der Waals surface area contributed by atoms with Gasteiger partial charge in [0.25, 0.3) is 0 Å². The van der Waals surface area contributed by atoms with Gasteiger partial charge in [0.2, 0.25) is 0 Å². The number of thiophene rings is 1. The first-order chi connectivity index (χ1) is 17.6. The molecule has 0 saturated carbocycles. The van der Waals surface area contributed by atoms with Crippen LogP contribution in [0, 0.1) is 23.7 Å². The molecule has 0 amide bonds. The van der Waals surface area contributed by atoms with Crippen molar-refractivity contribution in [2.75, 3.05) is 31.1 Å². The van der Waals surface area contributed by atoms with E-state index < -0.39 is 12.6 Å². The van der Waals surface area contributed by atoms with Gasteiger partial charge in [0.15, 0.2) is 0 Å². The number of benzene rings is 1. The Labute approximate surface area is 217 Å². The summed E-state index contributed by atoms with van der Waals surface area (Å²) in [5.74, 6) is 0.712. The van der Waals surface area contributed by atoms with Crippen molar-refractivity contribution in [3.05, 3.63) is 52.3 Å². The Hall–Kier alpha value is -3.16. The van der Waals surface area contributed by atoms with Crippen LogP contribution in [0.1, 0.15) is 42.0 Å². The van der Waals surface area contributed by atoms with Gasteiger partial charge in [-0.1, -0.05) is 13.0 Å². The molecular weight excluding hydrogens is 497 g/mol. The molecule has 0 radical (unpaired) electrons. The lowest BCUT2D eigenvalue weighted by Crippen LogP contribution is -2.55. The molecule has 1 aliphatic rings. The molecule has 37 heavy (non-hydrogen) atoms. The van der Waals surface area contributed by atoms with Crippen LogP contribution in [-0.2, 0) is 13.0 Å². The number of likely N-dealkylation sites (tertiary alicyclic amines) is 1. The van der Waals surface area contributed by atoms with Crippen molar-refractivity contribution in [2.24, 2.45) is 5.41 Å². The largest absolute Gasteiger partial charge is 0.393 e. The van der Waals surface area contributed by atoms with Crippen molar-refractivity contribution in [2.45, 2.75) is 46.3 Å². The van der Waals surface area contributed by atoms with Crippen LogP contribution in [0.4, 0.5) is 19.0 Å². The Bertz CT molecular complexity index is 1480. The number of nitrogens with zero attached hydrogens (tertiary/aromatic N) is 5. The second-order valence-corrected chi connectivity index (χ2v) is 11.4. The number of anilines is 1. The number of hydrogen-bond donors (Lipinski definition) is 1. The number of nitrogens with one attached hydrogen (secondary N) is 1. The highest BCUT2D eigenvalue weighted by atomic mass is 32.1. The van der Waals surface area contributed by atoms with Gasteiger partial charge in [-0.2, -0.15) is 18.4 Å². The summed E-state index contributed by atoms with van der Waals surface area (Å²) >= 11 is 1.09. The number of hydrogen-bond acceptors (Lipinski definition) is 6. The molecule has 1 aromatic carbocycles. The number of aromatic nitrogens is 3. The lowest BCUT2D eigenvalue weighted by Gasteiger charge is -2.49. The summed E-state index contributed by atoms with van der Waals surface area (Å²) in [6, 6.07) is 9.87. The molecule has 0 spiro atoms. The SMILES string of the molecule is CCN(CCC1(C)CN(Cc2ccc3[nH]c(C#N)cc3c2C)C1)c1ncnc2sc(CC(F)(F)F)cc12. The van der Waals surface area contributed by atoms with Crippen LogP contribution in [0.2, 0.25) is 0 Å². The van der Waals surface area contributed by atoms with E-state index in [-0.39, 0.29) is 10.3 Å². The van der Waals surface area contributed by atoms with E-state index in [1.54, 1.807) is 6.07 Å². The van der Waals surface area contributed by atoms with Crippen LogP contribution < -0.4 is 4.90 Å². The maximum Gasteiger partial charge on any atom is 0.393 e. The number of alkyl halides is 3. The van der Waals surface area contributed by atoms with E-state index in [0.29, 0.717) is 21.7 Å². The first kappa shape index (κ1) is 25.5. The average Bonchev–Trinajstić information content (AvgIpc) is 3.43. The molecule has 0 atom stereocenters. The maximum atomic E-state index is 12.9. The van der Waals surface area contributed by atoms with Crippen LogP contribution >= 0.6 is 11.3 Å². The van der Waals surface area contributed by atoms with E-state index in [1.165, 1.54) is 17.5 Å². The number of H-pyrrole nitrogens is 1. The zero-order chi connectivity index (χ0) is 26.4. The van der Waals surface area contributed by atoms with Crippen LogP contribution in [0.3, 0.4) is 0 Å². The molecule has 0 bridgehead atoms. The van der Waals surface area contributed by atoms with Crippen molar-refractivity contribution in [1.29, 1.82) is 5.26 Å². The summed E-state index contributed by atoms with van der Waals surface area (Å²) in [6.45, 7) is 10.8. The van der Waals surface area contributed by atoms with Crippen molar-refractivity contribution in [3.8, 4) is 6.07 Å². The van der Waals surface area contributed by atoms with Crippen LogP contribution in [0.5, 0.6) is 0 Å². The van der Waals surface area contributed by atoms with Crippen molar-refractivity contribution < 1.29 is 13.2 Å². The minimum absolute atomic E-state index is 0.162. The Balaban J connectivity index is 1.23. The Morgan fingerprint density at radius 3 is 2.70 bits per heavy atom. The normalized spacial score (nSPS) is 15.7. The van der Waals surface area contributed by atoms with Gasteiger partial charge in [0, 0.05) is 48.5 Å². The van der Waals surface area contributed by atoms with Gasteiger partial charge >= 0.3 is 6.18 Å². The molecule has 1 aliphatic heterocycles. The van der Waals surface area contributed by atoms with Gasteiger partial charge in [-0.05, 0) is 55.0 Å². The van der Waals surface area contributed by atoms with Gasteiger partial charge in [0.1, 0.15) is 28.7 Å². The molecule has 4 aromatic rings. The molecule has 0 aliphatic carbocycles. The van der Waals surface area contributed by atoms with Crippen LogP contribution in [0.15, 0.2) is 30.6 Å². The Kier molecular flexibility index (Phi) is 6.62. The van der Waals surface area contributed by atoms with Gasteiger partial charge in [-0.25, -0.2) is 9.97 Å². The fourth-order valence-electron chi connectivity index (χ4n) is 5.42. The van der Waals surface area contributed by atoms with Gasteiger partial charge in [-0.15, -0.1) is 11.3 Å². The summed E-state index contributed by atoms with van der Waals surface area (Å²) < 4.78 is 38.7. The predicted octanol–water partition coefficient (Wildman–Crippen LogP) is 6.20. The van der Waals surface area contributed by atoms with E-state index in [9.17, 15) is 18.4 Å². The van der Waals surface area contributed by atoms with E-state index in [4.69, 9.17) is 0 Å². The molecule has 1 saturated heterocycles. The van der Waals surface area contributed by atoms with E-state index in [1.807, 2.05) is 19.1 Å². The summed E-state index contributed by atoms with van der Waals surface area (Å²) in [7, 11) is 0. The fourth-order valence-corrected chi connectivity index (χ4v) is 6.44.